The van der Waals surface area contributed by atoms with E-state index in [1.165, 1.54) is 39.2 Å². The average molecular weight is 396 g/mol. The first-order valence-electron chi connectivity index (χ1n) is 8.38. The summed E-state index contributed by atoms with van der Waals surface area (Å²) in [7, 11) is 1.25. The van der Waals surface area contributed by atoms with Gasteiger partial charge in [0.25, 0.3) is 0 Å². The van der Waals surface area contributed by atoms with Gasteiger partial charge in [-0.1, -0.05) is 11.6 Å². The molecule has 1 aliphatic heterocycles. The predicted molar refractivity (Wildman–Crippen MR) is 99.4 cm³/mol. The molecule has 9 heteroatoms. The van der Waals surface area contributed by atoms with E-state index in [1.54, 1.807) is 9.80 Å². The van der Waals surface area contributed by atoms with Gasteiger partial charge in [-0.15, -0.1) is 0 Å². The van der Waals surface area contributed by atoms with Gasteiger partial charge in [0.15, 0.2) is 0 Å². The van der Waals surface area contributed by atoms with Crippen LogP contribution in [0.3, 0.4) is 0 Å². The summed E-state index contributed by atoms with van der Waals surface area (Å²) < 4.78 is 4.65. The number of hydrogen-bond donors (Lipinski definition) is 1. The van der Waals surface area contributed by atoms with E-state index in [0.717, 1.165) is 6.41 Å². The molecule has 0 bridgehead atoms. The second-order valence-electron chi connectivity index (χ2n) is 6.70. The molecular formula is C18H22ClN3O5. The lowest BCUT2D eigenvalue weighted by molar-refractivity contribution is -0.148. The van der Waals surface area contributed by atoms with Crippen molar-refractivity contribution in [2.75, 3.05) is 38.6 Å². The number of anilines is 1. The van der Waals surface area contributed by atoms with Crippen molar-refractivity contribution < 1.29 is 23.9 Å². The number of esters is 1. The Labute approximate surface area is 162 Å². The Morgan fingerprint density at radius 2 is 1.81 bits per heavy atom. The molecule has 0 radical (unpaired) electrons. The van der Waals surface area contributed by atoms with Crippen molar-refractivity contribution in [2.24, 2.45) is 5.41 Å². The molecule has 8 nitrogen and oxygen atoms in total. The van der Waals surface area contributed by atoms with Crippen LogP contribution in [0.5, 0.6) is 0 Å². The fourth-order valence-corrected chi connectivity index (χ4v) is 2.83. The van der Waals surface area contributed by atoms with Crippen molar-refractivity contribution in [1.82, 2.24) is 9.80 Å². The largest absolute Gasteiger partial charge is 0.465 e. The number of nitrogens with zero attached hydrogens (tertiary/aromatic N) is 2. The van der Waals surface area contributed by atoms with Gasteiger partial charge >= 0.3 is 5.97 Å². The lowest BCUT2D eigenvalue weighted by Crippen LogP contribution is -2.54. The van der Waals surface area contributed by atoms with Gasteiger partial charge in [0.1, 0.15) is 5.41 Å². The lowest BCUT2D eigenvalue weighted by atomic mass is 9.89. The highest BCUT2D eigenvalue weighted by molar-refractivity contribution is 6.34. The fraction of sp³-hybridized carbons (Fsp3) is 0.444. The Bertz CT molecular complexity index is 757. The van der Waals surface area contributed by atoms with Gasteiger partial charge in [-0.25, -0.2) is 4.79 Å². The minimum Gasteiger partial charge on any atom is -0.465 e. The third-order valence-corrected chi connectivity index (χ3v) is 4.82. The predicted octanol–water partition coefficient (Wildman–Crippen LogP) is 1.39. The molecule has 1 aromatic rings. The number of methoxy groups -OCH3 is 1. The zero-order valence-corrected chi connectivity index (χ0v) is 16.2. The third kappa shape index (κ3) is 4.57. The number of carbonyl (C=O) groups excluding carboxylic acids is 4. The van der Waals surface area contributed by atoms with Crippen molar-refractivity contribution in [3.05, 3.63) is 28.8 Å². The first-order valence-corrected chi connectivity index (χ1v) is 8.76. The topological polar surface area (TPSA) is 96.0 Å². The lowest BCUT2D eigenvalue weighted by Gasteiger charge is -2.36. The van der Waals surface area contributed by atoms with Crippen molar-refractivity contribution in [3.63, 3.8) is 0 Å². The summed E-state index contributed by atoms with van der Waals surface area (Å²) in [5, 5.41) is 2.85. The monoisotopic (exact) mass is 395 g/mol. The first kappa shape index (κ1) is 20.7. The molecule has 0 aromatic heterocycles. The summed E-state index contributed by atoms with van der Waals surface area (Å²) in [6.45, 7) is 4.64. The van der Waals surface area contributed by atoms with Crippen LogP contribution in [0.15, 0.2) is 18.2 Å². The summed E-state index contributed by atoms with van der Waals surface area (Å²) >= 11 is 6.10. The summed E-state index contributed by atoms with van der Waals surface area (Å²) in [6.07, 6.45) is 0.746. The standard InChI is InChI=1S/C18H22ClN3O5/c1-18(2,17(26)22-8-6-21(11-23)7-9-22)16(25)20-14-10-12(15(24)27-3)4-5-13(14)19/h4-5,10-11H,6-9H2,1-3H3,(H,20,25). The van der Waals surface area contributed by atoms with Gasteiger partial charge in [-0.3, -0.25) is 14.4 Å². The van der Waals surface area contributed by atoms with E-state index < -0.39 is 17.3 Å². The molecule has 27 heavy (non-hydrogen) atoms. The van der Waals surface area contributed by atoms with Gasteiger partial charge in [0, 0.05) is 26.2 Å². The zero-order valence-electron chi connectivity index (χ0n) is 15.5. The van der Waals surface area contributed by atoms with Crippen LogP contribution < -0.4 is 5.32 Å². The summed E-state index contributed by atoms with van der Waals surface area (Å²) in [5.74, 6) is -1.45. The molecule has 0 atom stereocenters. The zero-order chi connectivity index (χ0) is 20.2. The Balaban J connectivity index is 2.13. The molecule has 0 spiro atoms. The number of ether oxygens (including phenoxy) is 1. The third-order valence-electron chi connectivity index (χ3n) is 4.49. The molecule has 1 N–H and O–H groups in total. The quantitative estimate of drug-likeness (QED) is 0.461. The van der Waals surface area contributed by atoms with Crippen molar-refractivity contribution in [1.29, 1.82) is 0 Å². The normalized spacial score (nSPS) is 14.5. The van der Waals surface area contributed by atoms with Crippen LogP contribution in [-0.2, 0) is 19.1 Å². The second-order valence-corrected chi connectivity index (χ2v) is 7.11. The molecule has 1 fully saturated rings. The van der Waals surface area contributed by atoms with Crippen LogP contribution >= 0.6 is 11.6 Å². The molecule has 1 aromatic carbocycles. The number of hydrogen-bond acceptors (Lipinski definition) is 5. The summed E-state index contributed by atoms with van der Waals surface area (Å²) in [4.78, 5) is 51.1. The van der Waals surface area contributed by atoms with E-state index in [4.69, 9.17) is 11.6 Å². The Kier molecular flexibility index (Phi) is 6.43. The molecule has 0 aliphatic carbocycles. The van der Waals surface area contributed by atoms with Crippen molar-refractivity contribution >= 4 is 41.5 Å². The highest BCUT2D eigenvalue weighted by atomic mass is 35.5. The number of benzene rings is 1. The molecule has 146 valence electrons. The number of halogens is 1. The van der Waals surface area contributed by atoms with Crippen LogP contribution in [0, 0.1) is 5.41 Å². The summed E-state index contributed by atoms with van der Waals surface area (Å²) in [6, 6.07) is 4.35. The smallest absolute Gasteiger partial charge is 0.337 e. The maximum Gasteiger partial charge on any atom is 0.337 e. The van der Waals surface area contributed by atoms with Crippen LogP contribution in [0.2, 0.25) is 5.02 Å². The van der Waals surface area contributed by atoms with Crippen LogP contribution in [-0.4, -0.2) is 67.3 Å². The molecule has 0 saturated carbocycles. The maximum absolute atomic E-state index is 12.8. The van der Waals surface area contributed by atoms with Crippen LogP contribution in [0.4, 0.5) is 5.69 Å². The van der Waals surface area contributed by atoms with E-state index in [0.29, 0.717) is 26.2 Å². The first-order chi connectivity index (χ1) is 12.7. The molecule has 3 amide bonds. The SMILES string of the molecule is COC(=O)c1ccc(Cl)c(NC(=O)C(C)(C)C(=O)N2CCN(C=O)CC2)c1. The molecule has 1 heterocycles. The van der Waals surface area contributed by atoms with Gasteiger partial charge in [-0.05, 0) is 32.0 Å². The summed E-state index contributed by atoms with van der Waals surface area (Å²) in [5.41, 5.74) is -0.906. The maximum atomic E-state index is 12.8. The number of nitrogens with one attached hydrogen (secondary N) is 1. The highest BCUT2D eigenvalue weighted by Gasteiger charge is 2.40. The van der Waals surface area contributed by atoms with E-state index in [1.807, 2.05) is 0 Å². The number of rotatable bonds is 5. The second kappa shape index (κ2) is 8.39. The number of piperazine rings is 1. The minimum absolute atomic E-state index is 0.219. The Morgan fingerprint density at radius 1 is 1.19 bits per heavy atom. The molecular weight excluding hydrogens is 374 g/mol. The Hall–Kier alpha value is -2.61. The van der Waals surface area contributed by atoms with Crippen LogP contribution in [0.25, 0.3) is 0 Å². The van der Waals surface area contributed by atoms with Crippen LogP contribution in [0.1, 0.15) is 24.2 Å². The van der Waals surface area contributed by atoms with Gasteiger partial charge in [0.05, 0.1) is 23.4 Å². The van der Waals surface area contributed by atoms with E-state index in [-0.39, 0.29) is 22.2 Å². The van der Waals surface area contributed by atoms with E-state index in [9.17, 15) is 19.2 Å². The van der Waals surface area contributed by atoms with Gasteiger partial charge in [0.2, 0.25) is 18.2 Å². The molecule has 0 unspecified atom stereocenters. The van der Waals surface area contributed by atoms with Gasteiger partial charge in [-0.2, -0.15) is 0 Å². The van der Waals surface area contributed by atoms with Crippen molar-refractivity contribution in [3.8, 4) is 0 Å². The number of carbonyl (C=O) groups is 4. The van der Waals surface area contributed by atoms with E-state index >= 15 is 0 Å². The minimum atomic E-state index is -1.35. The van der Waals surface area contributed by atoms with Gasteiger partial charge < -0.3 is 19.9 Å². The fourth-order valence-electron chi connectivity index (χ4n) is 2.67. The highest BCUT2D eigenvalue weighted by Crippen LogP contribution is 2.27. The molecule has 1 aliphatic rings. The van der Waals surface area contributed by atoms with Crippen molar-refractivity contribution in [2.45, 2.75) is 13.8 Å². The van der Waals surface area contributed by atoms with E-state index in [2.05, 4.69) is 10.1 Å². The molecule has 1 saturated heterocycles. The molecule has 2 rings (SSSR count). The number of amides is 3. The Morgan fingerprint density at radius 3 is 2.37 bits per heavy atom. The average Bonchev–Trinajstić information content (AvgIpc) is 2.68.